The van der Waals surface area contributed by atoms with Gasteiger partial charge in [-0.2, -0.15) is 0 Å². The van der Waals surface area contributed by atoms with Crippen LogP contribution in [0.25, 0.3) is 0 Å². The molecule has 0 spiro atoms. The quantitative estimate of drug-likeness (QED) is 0.171. The molecule has 0 rings (SSSR count). The van der Waals surface area contributed by atoms with Gasteiger partial charge in [0.15, 0.2) is 0 Å². The molecule has 1 N–H and O–H groups in total. The van der Waals surface area contributed by atoms with Gasteiger partial charge in [-0.1, -0.05) is 0 Å². The van der Waals surface area contributed by atoms with E-state index in [0.29, 0.717) is 3.93 Å². The van der Waals surface area contributed by atoms with Crippen LogP contribution in [0.1, 0.15) is 98.8 Å². The predicted molar refractivity (Wildman–Crippen MR) is 112 cm³/mol. The van der Waals surface area contributed by atoms with Gasteiger partial charge < -0.3 is 0 Å². The summed E-state index contributed by atoms with van der Waals surface area (Å²) < 4.78 is 5.24. The van der Waals surface area contributed by atoms with Crippen molar-refractivity contribution in [2.45, 2.75) is 122 Å². The Labute approximate surface area is 157 Å². The van der Waals surface area contributed by atoms with Crippen molar-refractivity contribution < 1.29 is 5.11 Å². The molecular weight excluding hydrogens is 399 g/mol. The van der Waals surface area contributed by atoms with Crippen molar-refractivity contribution >= 4 is 18.4 Å². The third-order valence-corrected chi connectivity index (χ3v) is 22.4. The van der Waals surface area contributed by atoms with Crippen molar-refractivity contribution in [1.82, 2.24) is 0 Å². The molecule has 0 aromatic rings. The zero-order chi connectivity index (χ0) is 18.3. The van der Waals surface area contributed by atoms with E-state index in [4.69, 9.17) is 0 Å². The number of unbranched alkanes of at least 4 members (excludes halogenated alkanes) is 5. The number of aliphatic hydroxyl groups excluding tert-OH is 1. The molecule has 0 saturated heterocycles. The molecule has 0 heterocycles. The van der Waals surface area contributed by atoms with Crippen molar-refractivity contribution in [3.05, 3.63) is 0 Å². The van der Waals surface area contributed by atoms with E-state index in [0.717, 1.165) is 0 Å². The van der Waals surface area contributed by atoms with Gasteiger partial charge in [0.25, 0.3) is 0 Å². The molecule has 0 aliphatic heterocycles. The molecule has 0 aliphatic carbocycles. The van der Waals surface area contributed by atoms with Gasteiger partial charge >= 0.3 is 157 Å². The van der Waals surface area contributed by atoms with E-state index in [1.807, 2.05) is 6.92 Å². The number of hydrogen-bond acceptors (Lipinski definition) is 1. The van der Waals surface area contributed by atoms with Crippen LogP contribution >= 0.6 is 0 Å². The Balaban J connectivity index is 5.46. The summed E-state index contributed by atoms with van der Waals surface area (Å²) in [6.07, 6.45) is 13.0. The molecule has 0 radical (unpaired) electrons. The minimum atomic E-state index is -2.29. The van der Waals surface area contributed by atoms with Crippen LogP contribution in [0.15, 0.2) is 0 Å². The summed E-state index contributed by atoms with van der Waals surface area (Å²) in [6, 6.07) is 0. The average Bonchev–Trinajstić information content (AvgIpc) is 2.57. The van der Waals surface area contributed by atoms with Crippen molar-refractivity contribution in [2.24, 2.45) is 0 Å². The Morgan fingerprint density at radius 3 is 1.54 bits per heavy atom. The Bertz CT molecular complexity index is 318. The van der Waals surface area contributed by atoms with E-state index in [1.165, 1.54) is 77.5 Å². The molecule has 1 nitrogen and oxygen atoms in total. The normalized spacial score (nSPS) is 14.1. The van der Waals surface area contributed by atoms with Crippen LogP contribution in [0, 0.1) is 11.8 Å². The first kappa shape index (κ1) is 24.3. The standard InChI is InChI=1S/C10H17O.3C4H9.Sn/c1-3-4-5-6-7-8-9-10(2)11;3*1-3-4-2;/h7,10-11H,3-6H2,1-2H3;3*1,3-4H2,2H3;. The van der Waals surface area contributed by atoms with Gasteiger partial charge in [0.2, 0.25) is 0 Å². The van der Waals surface area contributed by atoms with E-state index in [9.17, 15) is 5.11 Å². The third kappa shape index (κ3) is 10.3. The average molecular weight is 443 g/mol. The second kappa shape index (κ2) is 15.6. The van der Waals surface area contributed by atoms with Crippen molar-refractivity contribution in [3.8, 4) is 11.8 Å². The molecule has 2 unspecified atom stereocenters. The molecule has 0 fully saturated rings. The summed E-state index contributed by atoms with van der Waals surface area (Å²) in [5, 5.41) is 9.72. The van der Waals surface area contributed by atoms with Crippen LogP contribution in [-0.4, -0.2) is 29.6 Å². The van der Waals surface area contributed by atoms with E-state index in [-0.39, 0.29) is 0 Å². The molecule has 2 heteroatoms. The molecule has 2 atom stereocenters. The molecule has 0 bridgehead atoms. The topological polar surface area (TPSA) is 20.2 Å². The third-order valence-electron chi connectivity index (χ3n) is 5.39. The Hall–Kier alpha value is 0.319. The van der Waals surface area contributed by atoms with Crippen LogP contribution in [0.4, 0.5) is 0 Å². The van der Waals surface area contributed by atoms with E-state index < -0.39 is 24.5 Å². The molecule has 0 amide bonds. The van der Waals surface area contributed by atoms with Gasteiger partial charge in [0.05, 0.1) is 0 Å². The maximum atomic E-state index is 9.72. The van der Waals surface area contributed by atoms with Crippen LogP contribution in [0.3, 0.4) is 0 Å². The first-order chi connectivity index (χ1) is 11.6. The number of aliphatic hydroxyl groups is 1. The van der Waals surface area contributed by atoms with Crippen molar-refractivity contribution in [3.63, 3.8) is 0 Å². The SMILES string of the molecule is CCCCC[CH](C#CC(C)O)[Sn]([CH2]CCC)([CH2]CCC)[CH2]CCC. The molecule has 0 aliphatic rings. The van der Waals surface area contributed by atoms with Crippen molar-refractivity contribution in [2.75, 3.05) is 0 Å². The fourth-order valence-electron chi connectivity index (χ4n) is 3.84. The van der Waals surface area contributed by atoms with Gasteiger partial charge in [-0.05, 0) is 0 Å². The molecule has 0 saturated carbocycles. The molecular formula is C22H44OSn. The fourth-order valence-corrected chi connectivity index (χ4v) is 21.5. The maximum absolute atomic E-state index is 9.72. The molecule has 24 heavy (non-hydrogen) atoms. The van der Waals surface area contributed by atoms with Crippen LogP contribution < -0.4 is 0 Å². The molecule has 0 aromatic heterocycles. The van der Waals surface area contributed by atoms with Gasteiger partial charge in [-0.25, -0.2) is 0 Å². The van der Waals surface area contributed by atoms with Gasteiger partial charge in [-0.15, -0.1) is 0 Å². The zero-order valence-electron chi connectivity index (χ0n) is 17.3. The summed E-state index contributed by atoms with van der Waals surface area (Å²) in [5.41, 5.74) is 0. The summed E-state index contributed by atoms with van der Waals surface area (Å²) in [6.45, 7) is 11.1. The van der Waals surface area contributed by atoms with E-state index in [1.54, 1.807) is 0 Å². The number of hydrogen-bond donors (Lipinski definition) is 1. The second-order valence-electron chi connectivity index (χ2n) is 7.69. The second-order valence-corrected chi connectivity index (χ2v) is 21.7. The van der Waals surface area contributed by atoms with E-state index in [2.05, 4.69) is 39.5 Å². The van der Waals surface area contributed by atoms with E-state index >= 15 is 0 Å². The Morgan fingerprint density at radius 2 is 1.17 bits per heavy atom. The summed E-state index contributed by atoms with van der Waals surface area (Å²) >= 11 is -2.29. The molecule has 0 aromatic carbocycles. The predicted octanol–water partition coefficient (Wildman–Crippen LogP) is 7.17. The minimum absolute atomic E-state index is 0.466. The summed E-state index contributed by atoms with van der Waals surface area (Å²) in [5.74, 6) is 6.80. The van der Waals surface area contributed by atoms with Gasteiger partial charge in [0, 0.05) is 0 Å². The molecule has 142 valence electrons. The van der Waals surface area contributed by atoms with Crippen LogP contribution in [0.5, 0.6) is 0 Å². The van der Waals surface area contributed by atoms with Crippen molar-refractivity contribution in [1.29, 1.82) is 0 Å². The number of rotatable bonds is 14. The van der Waals surface area contributed by atoms with Gasteiger partial charge in [0.1, 0.15) is 0 Å². The Kier molecular flexibility index (Phi) is 15.8. The monoisotopic (exact) mass is 444 g/mol. The zero-order valence-corrected chi connectivity index (χ0v) is 20.1. The first-order valence-corrected chi connectivity index (χ1v) is 18.5. The fraction of sp³-hybridized carbons (Fsp3) is 0.909. The summed E-state index contributed by atoms with van der Waals surface area (Å²) in [7, 11) is 0. The van der Waals surface area contributed by atoms with Crippen LogP contribution in [-0.2, 0) is 0 Å². The Morgan fingerprint density at radius 1 is 0.708 bits per heavy atom. The van der Waals surface area contributed by atoms with Crippen LogP contribution in [0.2, 0.25) is 17.2 Å². The summed E-state index contributed by atoms with van der Waals surface area (Å²) in [4.78, 5) is 0. The van der Waals surface area contributed by atoms with Gasteiger partial charge in [-0.3, -0.25) is 0 Å². The first-order valence-electron chi connectivity index (χ1n) is 10.7.